The van der Waals surface area contributed by atoms with Gasteiger partial charge in [-0.15, -0.1) is 0 Å². The van der Waals surface area contributed by atoms with Gasteiger partial charge in [0, 0.05) is 18.3 Å². The molecule has 1 heterocycles. The van der Waals surface area contributed by atoms with E-state index in [4.69, 9.17) is 14.2 Å². The van der Waals surface area contributed by atoms with Crippen LogP contribution >= 0.6 is 0 Å². The van der Waals surface area contributed by atoms with E-state index in [-0.39, 0.29) is 18.0 Å². The van der Waals surface area contributed by atoms with E-state index in [0.717, 1.165) is 0 Å². The number of aryl methyl sites for hydroxylation is 1. The highest BCUT2D eigenvalue weighted by atomic mass is 16.5. The molecule has 0 fully saturated rings. The Hall–Kier alpha value is -3.29. The number of rotatable bonds is 8. The van der Waals surface area contributed by atoms with Gasteiger partial charge in [-0.3, -0.25) is 9.59 Å². The normalized spacial score (nSPS) is 10.2. The molecule has 1 N–H and O–H groups in total. The van der Waals surface area contributed by atoms with Gasteiger partial charge in [0.25, 0.3) is 5.91 Å². The van der Waals surface area contributed by atoms with E-state index in [2.05, 4.69) is 4.98 Å². The van der Waals surface area contributed by atoms with Crippen LogP contribution in [0.15, 0.2) is 30.3 Å². The van der Waals surface area contributed by atoms with Crippen molar-refractivity contribution >= 4 is 11.9 Å². The van der Waals surface area contributed by atoms with Crippen molar-refractivity contribution in [1.29, 1.82) is 0 Å². The smallest absolute Gasteiger partial charge is 0.323 e. The van der Waals surface area contributed by atoms with E-state index in [1.165, 1.54) is 26.2 Å². The summed E-state index contributed by atoms with van der Waals surface area (Å²) < 4.78 is 15.6. The van der Waals surface area contributed by atoms with Gasteiger partial charge >= 0.3 is 5.97 Å². The van der Waals surface area contributed by atoms with E-state index in [0.29, 0.717) is 22.8 Å². The number of aliphatic carboxylic acids is 1. The molecular formula is C19H22N2O6. The molecule has 0 saturated heterocycles. The highest BCUT2D eigenvalue weighted by molar-refractivity contribution is 5.97. The third kappa shape index (κ3) is 5.10. The number of carboxylic acids is 1. The Bertz CT molecular complexity index is 815. The summed E-state index contributed by atoms with van der Waals surface area (Å²) in [4.78, 5) is 29.6. The van der Waals surface area contributed by atoms with Crippen LogP contribution in [-0.4, -0.2) is 54.7 Å². The van der Waals surface area contributed by atoms with Crippen molar-refractivity contribution in [2.24, 2.45) is 0 Å². The molecule has 0 spiro atoms. The number of benzene rings is 1. The fraction of sp³-hybridized carbons (Fsp3) is 0.316. The van der Waals surface area contributed by atoms with Crippen LogP contribution < -0.4 is 14.2 Å². The molecule has 0 atom stereocenters. The molecule has 0 radical (unpaired) electrons. The van der Waals surface area contributed by atoms with Crippen LogP contribution in [0.5, 0.6) is 17.4 Å². The molecule has 0 saturated carbocycles. The minimum absolute atomic E-state index is 0.0513. The predicted octanol–water partition coefficient (Wildman–Crippen LogP) is 2.14. The first kappa shape index (κ1) is 20.0. The molecule has 0 aliphatic rings. The molecule has 8 heteroatoms. The van der Waals surface area contributed by atoms with Crippen LogP contribution in [0.25, 0.3) is 0 Å². The molecule has 2 aromatic rings. The zero-order valence-electron chi connectivity index (χ0n) is 15.7. The van der Waals surface area contributed by atoms with Crippen molar-refractivity contribution in [3.8, 4) is 17.4 Å². The molecule has 0 unspecified atom stereocenters. The minimum Gasteiger partial charge on any atom is -0.497 e. The van der Waals surface area contributed by atoms with Crippen molar-refractivity contribution in [2.45, 2.75) is 13.5 Å². The average Bonchev–Trinajstić information content (AvgIpc) is 2.66. The Morgan fingerprint density at radius 3 is 2.19 bits per heavy atom. The number of hydrogen-bond donors (Lipinski definition) is 1. The maximum Gasteiger partial charge on any atom is 0.323 e. The zero-order valence-corrected chi connectivity index (χ0v) is 15.7. The van der Waals surface area contributed by atoms with E-state index in [9.17, 15) is 14.7 Å². The van der Waals surface area contributed by atoms with E-state index in [1.807, 2.05) is 0 Å². The van der Waals surface area contributed by atoms with Crippen molar-refractivity contribution in [3.63, 3.8) is 0 Å². The van der Waals surface area contributed by atoms with Gasteiger partial charge in [0.1, 0.15) is 23.6 Å². The summed E-state index contributed by atoms with van der Waals surface area (Å²) in [6, 6.07) is 8.37. The quantitative estimate of drug-likeness (QED) is 0.756. The van der Waals surface area contributed by atoms with Gasteiger partial charge in [-0.25, -0.2) is 4.98 Å². The number of carbonyl (C=O) groups is 2. The van der Waals surface area contributed by atoms with E-state index in [1.54, 1.807) is 37.3 Å². The van der Waals surface area contributed by atoms with Crippen LogP contribution in [0.2, 0.25) is 0 Å². The Labute approximate surface area is 157 Å². The lowest BCUT2D eigenvalue weighted by molar-refractivity contribution is -0.137. The molecule has 1 aromatic heterocycles. The number of pyridine rings is 1. The zero-order chi connectivity index (χ0) is 20.0. The first-order valence-corrected chi connectivity index (χ1v) is 8.12. The lowest BCUT2D eigenvalue weighted by Crippen LogP contribution is -2.35. The van der Waals surface area contributed by atoms with Gasteiger partial charge in [-0.2, -0.15) is 0 Å². The Kier molecular flexibility index (Phi) is 6.59. The van der Waals surface area contributed by atoms with Crippen LogP contribution in [0.4, 0.5) is 0 Å². The molecule has 8 nitrogen and oxygen atoms in total. The number of nitrogens with zero attached hydrogens (tertiary/aromatic N) is 2. The molecule has 1 aromatic carbocycles. The van der Waals surface area contributed by atoms with Gasteiger partial charge in [-0.1, -0.05) is 0 Å². The van der Waals surface area contributed by atoms with Crippen LogP contribution in [0, 0.1) is 6.92 Å². The number of carbonyl (C=O) groups excluding carboxylic acids is 1. The third-order valence-corrected chi connectivity index (χ3v) is 3.82. The monoisotopic (exact) mass is 374 g/mol. The number of ether oxygens (including phenoxy) is 3. The lowest BCUT2D eigenvalue weighted by Gasteiger charge is -2.22. The minimum atomic E-state index is -1.13. The molecule has 27 heavy (non-hydrogen) atoms. The fourth-order valence-corrected chi connectivity index (χ4v) is 2.56. The second-order valence-electron chi connectivity index (χ2n) is 5.79. The summed E-state index contributed by atoms with van der Waals surface area (Å²) >= 11 is 0. The summed E-state index contributed by atoms with van der Waals surface area (Å²) in [5.41, 5.74) is 1.55. The van der Waals surface area contributed by atoms with Crippen molar-refractivity contribution < 1.29 is 28.9 Å². The predicted molar refractivity (Wildman–Crippen MR) is 97.4 cm³/mol. The summed E-state index contributed by atoms with van der Waals surface area (Å²) in [6.45, 7) is 1.35. The van der Waals surface area contributed by atoms with E-state index < -0.39 is 18.4 Å². The maximum absolute atomic E-state index is 13.0. The first-order chi connectivity index (χ1) is 12.9. The van der Waals surface area contributed by atoms with Crippen molar-refractivity contribution in [3.05, 3.63) is 47.2 Å². The second-order valence-corrected chi connectivity index (χ2v) is 5.79. The van der Waals surface area contributed by atoms with Gasteiger partial charge in [0.15, 0.2) is 0 Å². The number of carboxylic acid groups (broad SMARTS) is 1. The number of amides is 1. The van der Waals surface area contributed by atoms with Gasteiger partial charge in [-0.05, 0) is 36.8 Å². The Balaban J connectivity index is 2.38. The highest BCUT2D eigenvalue weighted by Crippen LogP contribution is 2.25. The fourth-order valence-electron chi connectivity index (χ4n) is 2.56. The number of aromatic nitrogens is 1. The highest BCUT2D eigenvalue weighted by Gasteiger charge is 2.23. The molecule has 2 rings (SSSR count). The third-order valence-electron chi connectivity index (χ3n) is 3.82. The van der Waals surface area contributed by atoms with E-state index >= 15 is 0 Å². The molecule has 0 bridgehead atoms. The molecule has 1 amide bonds. The number of methoxy groups -OCH3 is 3. The Morgan fingerprint density at radius 2 is 1.67 bits per heavy atom. The topological polar surface area (TPSA) is 98.2 Å². The van der Waals surface area contributed by atoms with Crippen LogP contribution in [0.1, 0.15) is 21.6 Å². The maximum atomic E-state index is 13.0. The summed E-state index contributed by atoms with van der Waals surface area (Å²) in [6.07, 6.45) is 0. The second kappa shape index (κ2) is 8.88. The molecular weight excluding hydrogens is 352 g/mol. The molecule has 0 aliphatic carbocycles. The largest absolute Gasteiger partial charge is 0.497 e. The standard InChI is InChI=1S/C19H22N2O6/c1-12-5-6-16(18(20-12)27-4)19(24)21(11-17(22)23)10-13-7-14(25-2)9-15(8-13)26-3/h5-9H,10-11H2,1-4H3,(H,22,23). The van der Waals surface area contributed by atoms with Gasteiger partial charge in [0.05, 0.1) is 21.3 Å². The van der Waals surface area contributed by atoms with Gasteiger partial charge < -0.3 is 24.2 Å². The first-order valence-electron chi connectivity index (χ1n) is 8.12. The molecule has 144 valence electrons. The average molecular weight is 374 g/mol. The van der Waals surface area contributed by atoms with Crippen molar-refractivity contribution in [1.82, 2.24) is 9.88 Å². The van der Waals surface area contributed by atoms with Crippen LogP contribution in [-0.2, 0) is 11.3 Å². The summed E-state index contributed by atoms with van der Waals surface area (Å²) in [5, 5.41) is 9.24. The SMILES string of the molecule is COc1cc(CN(CC(=O)O)C(=O)c2ccc(C)nc2OC)cc(OC)c1. The summed E-state index contributed by atoms with van der Waals surface area (Å²) in [5.74, 6) is -0.386. The van der Waals surface area contributed by atoms with Crippen molar-refractivity contribution in [2.75, 3.05) is 27.9 Å². The van der Waals surface area contributed by atoms with Crippen LogP contribution in [0.3, 0.4) is 0 Å². The summed E-state index contributed by atoms with van der Waals surface area (Å²) in [7, 11) is 4.44. The van der Waals surface area contributed by atoms with Gasteiger partial charge in [0.2, 0.25) is 5.88 Å². The Morgan fingerprint density at radius 1 is 1.04 bits per heavy atom. The number of hydrogen-bond acceptors (Lipinski definition) is 6. The lowest BCUT2D eigenvalue weighted by atomic mass is 10.1. The molecule has 0 aliphatic heterocycles.